The molecule has 0 aliphatic carbocycles. The van der Waals surface area contributed by atoms with E-state index in [9.17, 15) is 4.79 Å². The van der Waals surface area contributed by atoms with Crippen LogP contribution < -0.4 is 5.32 Å². The third-order valence-corrected chi connectivity index (χ3v) is 5.36. The molecule has 0 saturated carbocycles. The molecule has 0 radical (unpaired) electrons. The summed E-state index contributed by atoms with van der Waals surface area (Å²) in [5.74, 6) is 0.498. The lowest BCUT2D eigenvalue weighted by molar-refractivity contribution is 0.0303. The Balaban J connectivity index is 1.42. The molecular weight excluding hydrogens is 394 g/mol. The lowest BCUT2D eigenvalue weighted by atomic mass is 10.1. The van der Waals surface area contributed by atoms with Gasteiger partial charge in [-0.3, -0.25) is 4.79 Å². The van der Waals surface area contributed by atoms with E-state index in [1.807, 2.05) is 46.0 Å². The quantitative estimate of drug-likeness (QED) is 0.545. The van der Waals surface area contributed by atoms with Gasteiger partial charge >= 0.3 is 0 Å². The number of nitrogens with one attached hydrogen (secondary N) is 1. The molecule has 158 valence electrons. The number of hydrogen-bond donors (Lipinski definition) is 1. The number of aromatic nitrogens is 5. The van der Waals surface area contributed by atoms with E-state index >= 15 is 0 Å². The van der Waals surface area contributed by atoms with Crippen molar-refractivity contribution < 1.29 is 9.53 Å². The number of nitrogens with zero attached hydrogens (tertiary/aromatic N) is 6. The molecule has 9 nitrogen and oxygen atoms in total. The van der Waals surface area contributed by atoms with Gasteiger partial charge < -0.3 is 15.0 Å². The molecule has 1 N–H and O–H groups in total. The van der Waals surface area contributed by atoms with Crippen molar-refractivity contribution in [1.82, 2.24) is 29.9 Å². The molecule has 9 heteroatoms. The van der Waals surface area contributed by atoms with E-state index in [-0.39, 0.29) is 11.9 Å². The van der Waals surface area contributed by atoms with Crippen LogP contribution in [0.1, 0.15) is 30.2 Å². The van der Waals surface area contributed by atoms with E-state index in [4.69, 9.17) is 9.72 Å². The highest BCUT2D eigenvalue weighted by Gasteiger charge is 2.18. The number of fused-ring (bicyclic) bond motifs is 3. The van der Waals surface area contributed by atoms with Gasteiger partial charge in [-0.2, -0.15) is 0 Å². The molecule has 1 aliphatic rings. The first-order chi connectivity index (χ1) is 15.1. The average molecular weight is 417 g/mol. The normalized spacial score (nSPS) is 14.5. The number of ether oxygens (including phenoxy) is 1. The summed E-state index contributed by atoms with van der Waals surface area (Å²) in [6, 6.07) is 11.4. The topological polar surface area (TPSA) is 98.1 Å². The number of rotatable bonds is 4. The van der Waals surface area contributed by atoms with E-state index in [1.54, 1.807) is 6.20 Å². The summed E-state index contributed by atoms with van der Waals surface area (Å²) in [5, 5.41) is 12.7. The first-order valence-corrected chi connectivity index (χ1v) is 10.3. The predicted molar refractivity (Wildman–Crippen MR) is 117 cm³/mol. The number of carbonyl (C=O) groups is 1. The van der Waals surface area contributed by atoms with Gasteiger partial charge in [-0.15, -0.1) is 5.10 Å². The largest absolute Gasteiger partial charge is 0.378 e. The van der Waals surface area contributed by atoms with Crippen LogP contribution in [0.15, 0.2) is 42.6 Å². The van der Waals surface area contributed by atoms with Gasteiger partial charge in [0.2, 0.25) is 5.95 Å². The SMILES string of the molecule is CC(C)n1nnc2ccc3cnc(Nc4ccc(C(=O)N5CCOCC5)cc4)nc3c21. The molecule has 31 heavy (non-hydrogen) atoms. The lowest BCUT2D eigenvalue weighted by Gasteiger charge is -2.26. The number of amides is 1. The maximum Gasteiger partial charge on any atom is 0.254 e. The second kappa shape index (κ2) is 7.92. The number of carbonyl (C=O) groups excluding carboxylic acids is 1. The maximum absolute atomic E-state index is 12.6. The van der Waals surface area contributed by atoms with Crippen LogP contribution in [-0.2, 0) is 4.74 Å². The maximum atomic E-state index is 12.6. The van der Waals surface area contributed by atoms with Gasteiger partial charge in [0, 0.05) is 42.0 Å². The molecule has 0 unspecified atom stereocenters. The standard InChI is InChI=1S/C22H23N7O2/c1-14(2)29-20-18(26-27-29)8-5-16-13-23-22(25-19(16)20)24-17-6-3-15(4-7-17)21(30)28-9-11-31-12-10-28/h3-8,13-14H,9-12H2,1-2H3,(H,23,24,25). The molecule has 3 heterocycles. The van der Waals surface area contributed by atoms with Gasteiger partial charge in [0.1, 0.15) is 16.6 Å². The van der Waals surface area contributed by atoms with Crippen molar-refractivity contribution >= 4 is 39.5 Å². The summed E-state index contributed by atoms with van der Waals surface area (Å²) in [5.41, 5.74) is 3.95. The minimum absolute atomic E-state index is 0.0219. The molecule has 1 amide bonds. The summed E-state index contributed by atoms with van der Waals surface area (Å²) in [6.45, 7) is 6.55. The van der Waals surface area contributed by atoms with Crippen LogP contribution in [0, 0.1) is 0 Å². The van der Waals surface area contributed by atoms with Crippen molar-refractivity contribution in [2.75, 3.05) is 31.6 Å². The molecule has 1 fully saturated rings. The van der Waals surface area contributed by atoms with Crippen LogP contribution in [-0.4, -0.2) is 62.1 Å². The first-order valence-electron chi connectivity index (χ1n) is 10.3. The van der Waals surface area contributed by atoms with Gasteiger partial charge in [-0.05, 0) is 50.2 Å². The second-order valence-electron chi connectivity index (χ2n) is 7.80. The van der Waals surface area contributed by atoms with Crippen molar-refractivity contribution in [3.8, 4) is 0 Å². The number of benzene rings is 2. The van der Waals surface area contributed by atoms with Crippen molar-refractivity contribution in [3.63, 3.8) is 0 Å². The molecule has 1 saturated heterocycles. The molecule has 0 atom stereocenters. The average Bonchev–Trinajstić information content (AvgIpc) is 3.25. The summed E-state index contributed by atoms with van der Waals surface area (Å²) in [4.78, 5) is 23.6. The van der Waals surface area contributed by atoms with E-state index in [2.05, 4.69) is 34.5 Å². The van der Waals surface area contributed by atoms with Gasteiger partial charge in [0.15, 0.2) is 0 Å². The molecule has 0 spiro atoms. The minimum Gasteiger partial charge on any atom is -0.378 e. The molecular formula is C22H23N7O2. The summed E-state index contributed by atoms with van der Waals surface area (Å²) in [6.07, 6.45) is 1.79. The Morgan fingerprint density at radius 1 is 1.10 bits per heavy atom. The smallest absolute Gasteiger partial charge is 0.254 e. The fourth-order valence-corrected chi connectivity index (χ4v) is 3.72. The van der Waals surface area contributed by atoms with Crippen molar-refractivity contribution in [3.05, 3.63) is 48.2 Å². The van der Waals surface area contributed by atoms with E-state index in [1.165, 1.54) is 0 Å². The predicted octanol–water partition coefficient (Wildman–Crippen LogP) is 3.17. The molecule has 5 rings (SSSR count). The van der Waals surface area contributed by atoms with Crippen LogP contribution in [0.25, 0.3) is 21.9 Å². The first kappa shape index (κ1) is 19.4. The van der Waals surface area contributed by atoms with Gasteiger partial charge in [-0.25, -0.2) is 14.6 Å². The Kier molecular flexibility index (Phi) is 4.95. The highest BCUT2D eigenvalue weighted by molar-refractivity contribution is 6.01. The van der Waals surface area contributed by atoms with Crippen molar-refractivity contribution in [1.29, 1.82) is 0 Å². The Morgan fingerprint density at radius 3 is 2.61 bits per heavy atom. The third kappa shape index (κ3) is 3.68. The Labute approximate surface area is 179 Å². The van der Waals surface area contributed by atoms with Crippen LogP contribution in [0.4, 0.5) is 11.6 Å². The highest BCUT2D eigenvalue weighted by Crippen LogP contribution is 2.25. The van der Waals surface area contributed by atoms with Crippen LogP contribution in [0.5, 0.6) is 0 Å². The van der Waals surface area contributed by atoms with Gasteiger partial charge in [-0.1, -0.05) is 5.21 Å². The van der Waals surface area contributed by atoms with E-state index < -0.39 is 0 Å². The Bertz CT molecular complexity index is 1240. The van der Waals surface area contributed by atoms with Crippen molar-refractivity contribution in [2.24, 2.45) is 0 Å². The Morgan fingerprint density at radius 2 is 1.87 bits per heavy atom. The highest BCUT2D eigenvalue weighted by atomic mass is 16.5. The van der Waals surface area contributed by atoms with Gasteiger partial charge in [0.05, 0.1) is 13.2 Å². The molecule has 4 aromatic rings. The van der Waals surface area contributed by atoms with Gasteiger partial charge in [0.25, 0.3) is 5.91 Å². The lowest BCUT2D eigenvalue weighted by Crippen LogP contribution is -2.40. The summed E-state index contributed by atoms with van der Waals surface area (Å²) in [7, 11) is 0. The van der Waals surface area contributed by atoms with Crippen LogP contribution in [0.2, 0.25) is 0 Å². The van der Waals surface area contributed by atoms with E-state index in [0.717, 1.165) is 27.6 Å². The summed E-state index contributed by atoms with van der Waals surface area (Å²) < 4.78 is 7.19. The zero-order valence-corrected chi connectivity index (χ0v) is 17.4. The minimum atomic E-state index is 0.0219. The number of hydrogen-bond acceptors (Lipinski definition) is 7. The van der Waals surface area contributed by atoms with Crippen molar-refractivity contribution in [2.45, 2.75) is 19.9 Å². The molecule has 0 bridgehead atoms. The van der Waals surface area contributed by atoms with Crippen LogP contribution >= 0.6 is 0 Å². The molecule has 1 aliphatic heterocycles. The fourth-order valence-electron chi connectivity index (χ4n) is 3.72. The zero-order valence-electron chi connectivity index (χ0n) is 17.4. The van der Waals surface area contributed by atoms with E-state index in [0.29, 0.717) is 37.8 Å². The zero-order chi connectivity index (χ0) is 21.4. The van der Waals surface area contributed by atoms with Crippen LogP contribution in [0.3, 0.4) is 0 Å². The monoisotopic (exact) mass is 417 g/mol. The third-order valence-electron chi connectivity index (χ3n) is 5.36. The Hall–Kier alpha value is -3.59. The fraction of sp³-hybridized carbons (Fsp3) is 0.318. The summed E-state index contributed by atoms with van der Waals surface area (Å²) >= 11 is 0. The molecule has 2 aromatic heterocycles. The number of anilines is 2. The second-order valence-corrected chi connectivity index (χ2v) is 7.80. The number of morpholine rings is 1. The molecule has 2 aromatic carbocycles.